The lowest BCUT2D eigenvalue weighted by Gasteiger charge is -2.18. The fourth-order valence-electron chi connectivity index (χ4n) is 2.39. The molecule has 0 unspecified atom stereocenters. The van der Waals surface area contributed by atoms with Gasteiger partial charge in [-0.2, -0.15) is 13.2 Å². The quantitative estimate of drug-likeness (QED) is 0.463. The minimum Gasteiger partial charge on any atom is -0.451 e. The number of esters is 1. The molecule has 154 valence electrons. The maximum absolute atomic E-state index is 12.7. The van der Waals surface area contributed by atoms with Gasteiger partial charge in [0.25, 0.3) is 5.91 Å². The van der Waals surface area contributed by atoms with Crippen LogP contribution in [0.2, 0.25) is 0 Å². The molecule has 1 aromatic heterocycles. The molecular formula is C20H19F3N2O3S. The first-order chi connectivity index (χ1) is 13.7. The third-order valence-electron chi connectivity index (χ3n) is 3.82. The molecule has 0 aliphatic rings. The second-order valence-corrected chi connectivity index (χ2v) is 6.96. The first-order valence-corrected chi connectivity index (χ1v) is 9.30. The fraction of sp³-hybridized carbons (Fsp3) is 0.250. The number of ether oxygens (including phenoxy) is 1. The zero-order valence-corrected chi connectivity index (χ0v) is 16.5. The van der Waals surface area contributed by atoms with Crippen LogP contribution in [0.5, 0.6) is 0 Å². The van der Waals surface area contributed by atoms with Crippen molar-refractivity contribution in [1.29, 1.82) is 0 Å². The second-order valence-electron chi connectivity index (χ2n) is 5.96. The number of aromatic nitrogens is 1. The van der Waals surface area contributed by atoms with Crippen LogP contribution in [0.15, 0.2) is 49.6 Å². The first-order valence-electron chi connectivity index (χ1n) is 8.49. The monoisotopic (exact) mass is 424 g/mol. The number of nitrogens with zero attached hydrogens (tertiary/aromatic N) is 2. The molecule has 2 rings (SSSR count). The fourth-order valence-corrected chi connectivity index (χ4v) is 3.35. The molecular weight excluding hydrogens is 405 g/mol. The van der Waals surface area contributed by atoms with Crippen LogP contribution in [-0.2, 0) is 15.7 Å². The summed E-state index contributed by atoms with van der Waals surface area (Å²) in [5, 5.41) is 0.384. The van der Waals surface area contributed by atoms with Crippen LogP contribution < -0.4 is 0 Å². The van der Waals surface area contributed by atoms with Crippen LogP contribution in [0, 0.1) is 6.92 Å². The van der Waals surface area contributed by atoms with Crippen LogP contribution >= 0.6 is 11.3 Å². The van der Waals surface area contributed by atoms with Crippen molar-refractivity contribution in [2.45, 2.75) is 13.1 Å². The Hall–Kier alpha value is -2.94. The van der Waals surface area contributed by atoms with E-state index >= 15 is 0 Å². The molecule has 29 heavy (non-hydrogen) atoms. The van der Waals surface area contributed by atoms with Crippen LogP contribution in [-0.4, -0.2) is 41.5 Å². The Balaban J connectivity index is 2.09. The Kier molecular flexibility index (Phi) is 7.33. The number of hydrogen-bond donors (Lipinski definition) is 0. The van der Waals surface area contributed by atoms with E-state index in [4.69, 9.17) is 4.74 Å². The molecule has 0 atom stereocenters. The smallest absolute Gasteiger partial charge is 0.416 e. The van der Waals surface area contributed by atoms with Gasteiger partial charge in [-0.15, -0.1) is 24.5 Å². The highest BCUT2D eigenvalue weighted by molar-refractivity contribution is 7.17. The van der Waals surface area contributed by atoms with Crippen LogP contribution in [0.3, 0.4) is 0 Å². The summed E-state index contributed by atoms with van der Waals surface area (Å²) in [6.07, 6.45) is -1.33. The lowest BCUT2D eigenvalue weighted by molar-refractivity contribution is -0.137. The molecule has 0 aliphatic carbocycles. The van der Waals surface area contributed by atoms with E-state index in [1.165, 1.54) is 17.0 Å². The van der Waals surface area contributed by atoms with E-state index in [1.54, 1.807) is 19.1 Å². The standard InChI is InChI=1S/C20H19F3N2O3S/c1-4-10-25(11-5-2)16(26)12-28-19(27)17-13(3)24-18(29-17)14-6-8-15(9-7-14)20(21,22)23/h4-9H,1-2,10-12H2,3H3. The van der Waals surface area contributed by atoms with E-state index in [9.17, 15) is 22.8 Å². The summed E-state index contributed by atoms with van der Waals surface area (Å²) in [6.45, 7) is 8.85. The van der Waals surface area contributed by atoms with Gasteiger partial charge in [0.05, 0.1) is 11.3 Å². The molecule has 0 radical (unpaired) electrons. The normalized spacial score (nSPS) is 11.0. The van der Waals surface area contributed by atoms with Gasteiger partial charge in [-0.25, -0.2) is 9.78 Å². The average Bonchev–Trinajstić information content (AvgIpc) is 3.07. The molecule has 0 saturated carbocycles. The Morgan fingerprint density at radius 2 is 1.76 bits per heavy atom. The first kappa shape index (κ1) is 22.4. The molecule has 1 amide bonds. The highest BCUT2D eigenvalue weighted by Gasteiger charge is 2.30. The van der Waals surface area contributed by atoms with Crippen LogP contribution in [0.1, 0.15) is 20.9 Å². The van der Waals surface area contributed by atoms with E-state index in [0.717, 1.165) is 23.5 Å². The molecule has 0 spiro atoms. The Bertz CT molecular complexity index is 895. The number of benzene rings is 1. The topological polar surface area (TPSA) is 59.5 Å². The van der Waals surface area contributed by atoms with E-state index in [-0.39, 0.29) is 4.88 Å². The summed E-state index contributed by atoms with van der Waals surface area (Å²) in [4.78, 5) is 30.3. The van der Waals surface area contributed by atoms with Gasteiger partial charge in [0.1, 0.15) is 9.88 Å². The Labute approximate surface area is 170 Å². The Morgan fingerprint density at radius 3 is 2.28 bits per heavy atom. The maximum atomic E-state index is 12.7. The molecule has 0 N–H and O–H groups in total. The molecule has 0 bridgehead atoms. The minimum absolute atomic E-state index is 0.187. The number of alkyl halides is 3. The van der Waals surface area contributed by atoms with Crippen molar-refractivity contribution >= 4 is 23.2 Å². The number of aryl methyl sites for hydroxylation is 1. The van der Waals surface area contributed by atoms with Gasteiger partial charge in [0.2, 0.25) is 0 Å². The molecule has 9 heteroatoms. The van der Waals surface area contributed by atoms with Gasteiger partial charge < -0.3 is 9.64 Å². The molecule has 2 aromatic rings. The highest BCUT2D eigenvalue weighted by Crippen LogP contribution is 2.33. The average molecular weight is 424 g/mol. The largest absolute Gasteiger partial charge is 0.451 e. The van der Waals surface area contributed by atoms with Crippen molar-refractivity contribution in [2.75, 3.05) is 19.7 Å². The lowest BCUT2D eigenvalue weighted by atomic mass is 10.1. The summed E-state index contributed by atoms with van der Waals surface area (Å²) in [6, 6.07) is 4.50. The van der Waals surface area contributed by atoms with Crippen molar-refractivity contribution in [3.8, 4) is 10.6 Å². The van der Waals surface area contributed by atoms with Crippen molar-refractivity contribution < 1.29 is 27.5 Å². The maximum Gasteiger partial charge on any atom is 0.416 e. The third kappa shape index (κ3) is 5.77. The predicted molar refractivity (Wildman–Crippen MR) is 105 cm³/mol. The van der Waals surface area contributed by atoms with Crippen molar-refractivity contribution in [2.24, 2.45) is 0 Å². The number of hydrogen-bond acceptors (Lipinski definition) is 5. The number of carbonyl (C=O) groups is 2. The minimum atomic E-state index is -4.43. The van der Waals surface area contributed by atoms with Gasteiger partial charge in [0, 0.05) is 18.7 Å². The van der Waals surface area contributed by atoms with Gasteiger partial charge >= 0.3 is 12.1 Å². The van der Waals surface area contributed by atoms with E-state index < -0.39 is 30.2 Å². The lowest BCUT2D eigenvalue weighted by Crippen LogP contribution is -2.34. The summed E-state index contributed by atoms with van der Waals surface area (Å²) >= 11 is 0.990. The number of halogens is 3. The summed E-state index contributed by atoms with van der Waals surface area (Å²) in [5.41, 5.74) is 0.0528. The van der Waals surface area contributed by atoms with Gasteiger partial charge in [-0.05, 0) is 19.1 Å². The zero-order valence-electron chi connectivity index (χ0n) is 15.7. The van der Waals surface area contributed by atoms with Crippen molar-refractivity contribution in [1.82, 2.24) is 9.88 Å². The van der Waals surface area contributed by atoms with Crippen LogP contribution in [0.25, 0.3) is 10.6 Å². The van der Waals surface area contributed by atoms with Gasteiger partial charge in [-0.1, -0.05) is 24.3 Å². The molecule has 5 nitrogen and oxygen atoms in total. The van der Waals surface area contributed by atoms with Crippen molar-refractivity contribution in [3.05, 3.63) is 65.7 Å². The van der Waals surface area contributed by atoms with Gasteiger partial charge in [-0.3, -0.25) is 4.79 Å². The molecule has 0 fully saturated rings. The highest BCUT2D eigenvalue weighted by atomic mass is 32.1. The number of amides is 1. The number of rotatable bonds is 8. The van der Waals surface area contributed by atoms with E-state index in [0.29, 0.717) is 29.4 Å². The summed E-state index contributed by atoms with van der Waals surface area (Å²) in [7, 11) is 0. The molecule has 1 aromatic carbocycles. The SMILES string of the molecule is C=CCN(CC=C)C(=O)COC(=O)c1sc(-c2ccc(C(F)(F)F)cc2)nc1C. The van der Waals surface area contributed by atoms with E-state index in [2.05, 4.69) is 18.1 Å². The zero-order chi connectivity index (χ0) is 21.6. The number of thiazole rings is 1. The Morgan fingerprint density at radius 1 is 1.17 bits per heavy atom. The summed E-state index contributed by atoms with van der Waals surface area (Å²) < 4.78 is 43.1. The van der Waals surface area contributed by atoms with Gasteiger partial charge in [0.15, 0.2) is 6.61 Å². The van der Waals surface area contributed by atoms with E-state index in [1.807, 2.05) is 0 Å². The second kappa shape index (κ2) is 9.51. The number of carbonyl (C=O) groups excluding carboxylic acids is 2. The molecule has 0 aliphatic heterocycles. The molecule has 1 heterocycles. The predicted octanol–water partition coefficient (Wildman–Crippen LogP) is 4.49. The summed E-state index contributed by atoms with van der Waals surface area (Å²) in [5.74, 6) is -1.12. The molecule has 0 saturated heterocycles. The third-order valence-corrected chi connectivity index (χ3v) is 5.01. The van der Waals surface area contributed by atoms with Crippen LogP contribution in [0.4, 0.5) is 13.2 Å². The van der Waals surface area contributed by atoms with Crippen molar-refractivity contribution in [3.63, 3.8) is 0 Å².